The van der Waals surface area contributed by atoms with Gasteiger partial charge in [0.15, 0.2) is 5.78 Å². The fourth-order valence-corrected chi connectivity index (χ4v) is 1.94. The molecule has 20 heavy (non-hydrogen) atoms. The molecular formula is C15H13ClN2O2. The number of Topliss-reactive ketones (excluding diaryl/α,β-unsaturated/α-hetero) is 1. The van der Waals surface area contributed by atoms with E-state index in [4.69, 9.17) is 17.3 Å². The van der Waals surface area contributed by atoms with Crippen LogP contribution in [0.15, 0.2) is 48.5 Å². The number of hydrogen-bond donors (Lipinski definition) is 2. The molecule has 0 spiro atoms. The zero-order valence-corrected chi connectivity index (χ0v) is 11.4. The van der Waals surface area contributed by atoms with Crippen molar-refractivity contribution >= 4 is 34.7 Å². The molecule has 0 fully saturated rings. The molecule has 0 saturated heterocycles. The van der Waals surface area contributed by atoms with Crippen molar-refractivity contribution in [1.29, 1.82) is 0 Å². The molecule has 0 aliphatic heterocycles. The maximum Gasteiger partial charge on any atom is 0.232 e. The lowest BCUT2D eigenvalue weighted by Crippen LogP contribution is -2.16. The van der Waals surface area contributed by atoms with Gasteiger partial charge in [-0.15, -0.1) is 0 Å². The van der Waals surface area contributed by atoms with Crippen LogP contribution in [0.2, 0.25) is 5.02 Å². The minimum atomic E-state index is -0.412. The molecule has 2 rings (SSSR count). The summed E-state index contributed by atoms with van der Waals surface area (Å²) < 4.78 is 0. The van der Waals surface area contributed by atoms with Crippen LogP contribution in [0.25, 0.3) is 0 Å². The predicted octanol–water partition coefficient (Wildman–Crippen LogP) is 3.13. The van der Waals surface area contributed by atoms with Crippen molar-refractivity contribution in [2.75, 3.05) is 11.1 Å². The van der Waals surface area contributed by atoms with Crippen LogP contribution < -0.4 is 11.1 Å². The molecule has 0 unspecified atom stereocenters. The van der Waals surface area contributed by atoms with E-state index in [1.54, 1.807) is 36.4 Å². The van der Waals surface area contributed by atoms with E-state index in [0.29, 0.717) is 22.0 Å². The molecule has 0 aliphatic rings. The van der Waals surface area contributed by atoms with E-state index >= 15 is 0 Å². The highest BCUT2D eigenvalue weighted by atomic mass is 35.5. The molecule has 102 valence electrons. The molecule has 0 bridgehead atoms. The summed E-state index contributed by atoms with van der Waals surface area (Å²) in [5, 5.41) is 2.93. The highest BCUT2D eigenvalue weighted by Crippen LogP contribution is 2.24. The van der Waals surface area contributed by atoms with Crippen molar-refractivity contribution in [2.45, 2.75) is 6.42 Å². The van der Waals surface area contributed by atoms with Crippen molar-refractivity contribution in [1.82, 2.24) is 0 Å². The molecule has 2 aromatic carbocycles. The normalized spacial score (nSPS) is 10.1. The molecule has 0 atom stereocenters. The van der Waals surface area contributed by atoms with E-state index in [1.165, 1.54) is 6.07 Å². The van der Waals surface area contributed by atoms with Gasteiger partial charge in [0.25, 0.3) is 0 Å². The first-order valence-electron chi connectivity index (χ1n) is 5.99. The van der Waals surface area contributed by atoms with Crippen molar-refractivity contribution in [2.24, 2.45) is 0 Å². The van der Waals surface area contributed by atoms with Crippen molar-refractivity contribution in [3.63, 3.8) is 0 Å². The Morgan fingerprint density at radius 1 is 1.10 bits per heavy atom. The van der Waals surface area contributed by atoms with Gasteiger partial charge in [0.05, 0.1) is 17.1 Å². The second-order valence-electron chi connectivity index (χ2n) is 4.25. The molecule has 5 heteroatoms. The SMILES string of the molecule is Nc1ccc(NC(=O)CC(=O)c2ccccc2)c(Cl)c1. The third kappa shape index (κ3) is 3.59. The van der Waals surface area contributed by atoms with Crippen LogP contribution in [0.5, 0.6) is 0 Å². The minimum Gasteiger partial charge on any atom is -0.399 e. The largest absolute Gasteiger partial charge is 0.399 e. The molecule has 0 aliphatic carbocycles. The summed E-state index contributed by atoms with van der Waals surface area (Å²) in [6.45, 7) is 0. The molecule has 0 heterocycles. The first kappa shape index (κ1) is 14.1. The number of carbonyl (C=O) groups excluding carboxylic acids is 2. The second-order valence-corrected chi connectivity index (χ2v) is 4.66. The third-order valence-electron chi connectivity index (χ3n) is 2.68. The highest BCUT2D eigenvalue weighted by molar-refractivity contribution is 6.34. The number of amides is 1. The topological polar surface area (TPSA) is 72.2 Å². The second kappa shape index (κ2) is 6.21. The van der Waals surface area contributed by atoms with Gasteiger partial charge in [0.2, 0.25) is 5.91 Å². The minimum absolute atomic E-state index is 0.231. The van der Waals surface area contributed by atoms with Crippen LogP contribution in [0, 0.1) is 0 Å². The maximum absolute atomic E-state index is 11.9. The van der Waals surface area contributed by atoms with Gasteiger partial charge in [-0.3, -0.25) is 9.59 Å². The lowest BCUT2D eigenvalue weighted by Gasteiger charge is -2.07. The lowest BCUT2D eigenvalue weighted by atomic mass is 10.1. The average Bonchev–Trinajstić information content (AvgIpc) is 2.43. The molecule has 0 radical (unpaired) electrons. The molecule has 4 nitrogen and oxygen atoms in total. The van der Waals surface area contributed by atoms with Crippen LogP contribution in [0.4, 0.5) is 11.4 Å². The summed E-state index contributed by atoms with van der Waals surface area (Å²) in [5.41, 5.74) is 7.01. The zero-order valence-electron chi connectivity index (χ0n) is 10.6. The number of rotatable bonds is 4. The van der Waals surface area contributed by atoms with E-state index in [9.17, 15) is 9.59 Å². The zero-order chi connectivity index (χ0) is 14.5. The number of ketones is 1. The van der Waals surface area contributed by atoms with Gasteiger partial charge in [-0.25, -0.2) is 0 Å². The summed E-state index contributed by atoms with van der Waals surface area (Å²) in [5.74, 6) is -0.653. The van der Waals surface area contributed by atoms with Crippen molar-refractivity contribution in [3.8, 4) is 0 Å². The van der Waals surface area contributed by atoms with Crippen LogP contribution in [-0.2, 0) is 4.79 Å². The van der Waals surface area contributed by atoms with Gasteiger partial charge in [-0.05, 0) is 18.2 Å². The standard InChI is InChI=1S/C15H13ClN2O2/c16-12-8-11(17)6-7-13(12)18-15(20)9-14(19)10-4-2-1-3-5-10/h1-8H,9,17H2,(H,18,20). The lowest BCUT2D eigenvalue weighted by molar-refractivity contribution is -0.115. The van der Waals surface area contributed by atoms with Gasteiger partial charge in [0, 0.05) is 11.3 Å². The van der Waals surface area contributed by atoms with E-state index in [-0.39, 0.29) is 12.2 Å². The van der Waals surface area contributed by atoms with E-state index in [0.717, 1.165) is 0 Å². The molecule has 0 aromatic heterocycles. The van der Waals surface area contributed by atoms with E-state index in [1.807, 2.05) is 6.07 Å². The Morgan fingerprint density at radius 3 is 2.45 bits per heavy atom. The molecular weight excluding hydrogens is 276 g/mol. The van der Waals surface area contributed by atoms with Crippen LogP contribution in [0.3, 0.4) is 0 Å². The van der Waals surface area contributed by atoms with Crippen molar-refractivity contribution in [3.05, 3.63) is 59.1 Å². The van der Waals surface area contributed by atoms with E-state index < -0.39 is 5.91 Å². The summed E-state index contributed by atoms with van der Waals surface area (Å²) in [7, 11) is 0. The van der Waals surface area contributed by atoms with Gasteiger partial charge in [0.1, 0.15) is 0 Å². The Balaban J connectivity index is 2.01. The van der Waals surface area contributed by atoms with Crippen LogP contribution in [0.1, 0.15) is 16.8 Å². The Kier molecular flexibility index (Phi) is 4.38. The monoisotopic (exact) mass is 288 g/mol. The predicted molar refractivity (Wildman–Crippen MR) is 79.9 cm³/mol. The summed E-state index contributed by atoms with van der Waals surface area (Å²) in [6.07, 6.45) is -0.231. The van der Waals surface area contributed by atoms with Gasteiger partial charge in [-0.1, -0.05) is 41.9 Å². The van der Waals surface area contributed by atoms with Gasteiger partial charge in [-0.2, -0.15) is 0 Å². The summed E-state index contributed by atoms with van der Waals surface area (Å²) >= 11 is 5.95. The Labute approximate surface area is 121 Å². The Morgan fingerprint density at radius 2 is 1.80 bits per heavy atom. The number of nitrogens with one attached hydrogen (secondary N) is 1. The number of carbonyl (C=O) groups is 2. The first-order valence-corrected chi connectivity index (χ1v) is 6.37. The fourth-order valence-electron chi connectivity index (χ4n) is 1.70. The fraction of sp³-hybridized carbons (Fsp3) is 0.0667. The quantitative estimate of drug-likeness (QED) is 0.516. The average molecular weight is 289 g/mol. The first-order chi connectivity index (χ1) is 9.56. The summed E-state index contributed by atoms with van der Waals surface area (Å²) in [6, 6.07) is 13.4. The Bertz CT molecular complexity index is 642. The number of hydrogen-bond acceptors (Lipinski definition) is 3. The molecule has 2 aromatic rings. The number of nitrogen functional groups attached to an aromatic ring is 1. The van der Waals surface area contributed by atoms with Crippen LogP contribution >= 0.6 is 11.6 Å². The number of nitrogens with two attached hydrogens (primary N) is 1. The number of halogens is 1. The number of anilines is 2. The highest BCUT2D eigenvalue weighted by Gasteiger charge is 2.12. The molecule has 0 saturated carbocycles. The number of benzene rings is 2. The molecule has 3 N–H and O–H groups in total. The Hall–Kier alpha value is -2.33. The third-order valence-corrected chi connectivity index (χ3v) is 3.00. The molecule has 1 amide bonds. The summed E-state index contributed by atoms with van der Waals surface area (Å²) in [4.78, 5) is 23.7. The maximum atomic E-state index is 11.9. The van der Waals surface area contributed by atoms with Crippen LogP contribution in [-0.4, -0.2) is 11.7 Å². The van der Waals surface area contributed by atoms with Gasteiger partial charge >= 0.3 is 0 Å². The smallest absolute Gasteiger partial charge is 0.232 e. The van der Waals surface area contributed by atoms with E-state index in [2.05, 4.69) is 5.32 Å². The van der Waals surface area contributed by atoms with Gasteiger partial charge < -0.3 is 11.1 Å². The van der Waals surface area contributed by atoms with Crippen molar-refractivity contribution < 1.29 is 9.59 Å².